The molecule has 0 atom stereocenters. The molecule has 2 aromatic rings. The van der Waals surface area contributed by atoms with Gasteiger partial charge in [-0.05, 0) is 13.0 Å². The van der Waals surface area contributed by atoms with Gasteiger partial charge in [-0.2, -0.15) is 0 Å². The maximum atomic E-state index is 11.7. The molecule has 0 radical (unpaired) electrons. The van der Waals surface area contributed by atoms with Gasteiger partial charge >= 0.3 is 5.69 Å². The van der Waals surface area contributed by atoms with Crippen molar-refractivity contribution in [1.82, 2.24) is 29.4 Å². The lowest BCUT2D eigenvalue weighted by molar-refractivity contribution is 0.521. The number of nitrogens with one attached hydrogen (secondary N) is 1. The average molecular weight is 278 g/mol. The van der Waals surface area contributed by atoms with Gasteiger partial charge in [0.25, 0.3) is 5.56 Å². The van der Waals surface area contributed by atoms with Crippen LogP contribution >= 0.6 is 0 Å². The summed E-state index contributed by atoms with van der Waals surface area (Å²) in [5, 5.41) is 10.8. The average Bonchev–Trinajstić information content (AvgIpc) is 2.94. The van der Waals surface area contributed by atoms with Crippen molar-refractivity contribution in [3.8, 4) is 0 Å². The molecule has 0 fully saturated rings. The zero-order chi connectivity index (χ0) is 14.5. The fourth-order valence-electron chi connectivity index (χ4n) is 1.88. The monoisotopic (exact) mass is 278 g/mol. The molecule has 0 unspecified atom stereocenters. The van der Waals surface area contributed by atoms with Crippen molar-refractivity contribution in [2.45, 2.75) is 19.5 Å². The van der Waals surface area contributed by atoms with E-state index in [-0.39, 0.29) is 11.2 Å². The second kappa shape index (κ2) is 6.29. The van der Waals surface area contributed by atoms with E-state index in [0.717, 1.165) is 24.1 Å². The normalized spacial score (nSPS) is 10.9. The Hall–Kier alpha value is -2.22. The fourth-order valence-corrected chi connectivity index (χ4v) is 1.88. The Bertz CT molecular complexity index is 670. The zero-order valence-corrected chi connectivity index (χ0v) is 11.6. The Balaban J connectivity index is 1.85. The Morgan fingerprint density at radius 3 is 2.75 bits per heavy atom. The van der Waals surface area contributed by atoms with Crippen molar-refractivity contribution in [3.05, 3.63) is 45.0 Å². The van der Waals surface area contributed by atoms with Gasteiger partial charge in [0.1, 0.15) is 0 Å². The number of aryl methyl sites for hydroxylation is 1. The number of aromatic nitrogens is 5. The molecule has 0 spiro atoms. The number of hydrogen-bond acceptors (Lipinski definition) is 5. The predicted octanol–water partition coefficient (Wildman–Crippen LogP) is -1.14. The minimum Gasteiger partial charge on any atom is -0.311 e. The van der Waals surface area contributed by atoms with Gasteiger partial charge in [0, 0.05) is 45.1 Å². The standard InChI is InChI=1S/C12H18N6O2/c1-16-10(8-11(19)17(2)12(16)20)9-13-4-3-6-18-7-5-14-15-18/h5,7-8,13H,3-4,6,9H2,1-2H3. The van der Waals surface area contributed by atoms with E-state index in [2.05, 4.69) is 15.6 Å². The highest BCUT2D eigenvalue weighted by Crippen LogP contribution is 1.91. The van der Waals surface area contributed by atoms with Crippen LogP contribution < -0.4 is 16.6 Å². The van der Waals surface area contributed by atoms with E-state index in [1.54, 1.807) is 17.9 Å². The van der Waals surface area contributed by atoms with Gasteiger partial charge in [0.05, 0.1) is 6.20 Å². The molecule has 20 heavy (non-hydrogen) atoms. The second-order valence-corrected chi connectivity index (χ2v) is 4.57. The third-order valence-corrected chi connectivity index (χ3v) is 3.14. The highest BCUT2D eigenvalue weighted by molar-refractivity contribution is 5.01. The van der Waals surface area contributed by atoms with Crippen molar-refractivity contribution in [1.29, 1.82) is 0 Å². The van der Waals surface area contributed by atoms with Crippen LogP contribution in [0.25, 0.3) is 0 Å². The molecule has 0 bridgehead atoms. The van der Waals surface area contributed by atoms with Crippen LogP contribution in [0.2, 0.25) is 0 Å². The SMILES string of the molecule is Cn1c(CNCCCn2ccnn2)cc(=O)n(C)c1=O. The van der Waals surface area contributed by atoms with Crippen LogP contribution in [-0.4, -0.2) is 30.7 Å². The Kier molecular flexibility index (Phi) is 4.46. The van der Waals surface area contributed by atoms with Crippen molar-refractivity contribution >= 4 is 0 Å². The molecule has 0 saturated carbocycles. The van der Waals surface area contributed by atoms with E-state index in [1.807, 2.05) is 6.20 Å². The van der Waals surface area contributed by atoms with Crippen LogP contribution in [0.5, 0.6) is 0 Å². The van der Waals surface area contributed by atoms with Gasteiger partial charge in [0.2, 0.25) is 0 Å². The highest BCUT2D eigenvalue weighted by atomic mass is 16.2. The Labute approximate surface area is 115 Å². The summed E-state index contributed by atoms with van der Waals surface area (Å²) in [6, 6.07) is 1.48. The van der Waals surface area contributed by atoms with E-state index in [0.29, 0.717) is 12.2 Å². The maximum absolute atomic E-state index is 11.7. The largest absolute Gasteiger partial charge is 0.330 e. The van der Waals surface area contributed by atoms with Crippen LogP contribution in [0.15, 0.2) is 28.0 Å². The molecule has 2 rings (SSSR count). The summed E-state index contributed by atoms with van der Waals surface area (Å²) in [4.78, 5) is 23.3. The van der Waals surface area contributed by atoms with Crippen LogP contribution in [-0.2, 0) is 27.2 Å². The van der Waals surface area contributed by atoms with Crippen molar-refractivity contribution < 1.29 is 0 Å². The predicted molar refractivity (Wildman–Crippen MR) is 73.3 cm³/mol. The summed E-state index contributed by atoms with van der Waals surface area (Å²) in [5.74, 6) is 0. The quantitative estimate of drug-likeness (QED) is 0.675. The molecule has 2 aromatic heterocycles. The van der Waals surface area contributed by atoms with E-state index >= 15 is 0 Å². The van der Waals surface area contributed by atoms with Gasteiger partial charge in [-0.15, -0.1) is 5.10 Å². The number of rotatable bonds is 6. The molecule has 0 saturated heterocycles. The van der Waals surface area contributed by atoms with Crippen LogP contribution in [0, 0.1) is 0 Å². The minimum absolute atomic E-state index is 0.285. The smallest absolute Gasteiger partial charge is 0.311 e. The molecule has 8 heteroatoms. The molecule has 0 aliphatic rings. The van der Waals surface area contributed by atoms with E-state index in [1.165, 1.54) is 17.7 Å². The first-order valence-electron chi connectivity index (χ1n) is 6.40. The topological polar surface area (TPSA) is 86.7 Å². The Morgan fingerprint density at radius 2 is 2.05 bits per heavy atom. The van der Waals surface area contributed by atoms with Gasteiger partial charge in [-0.1, -0.05) is 5.21 Å². The summed E-state index contributed by atoms with van der Waals surface area (Å²) in [7, 11) is 3.13. The summed E-state index contributed by atoms with van der Waals surface area (Å²) in [5.41, 5.74) is 0.0864. The molecule has 2 heterocycles. The molecule has 8 nitrogen and oxygen atoms in total. The Morgan fingerprint density at radius 1 is 1.25 bits per heavy atom. The van der Waals surface area contributed by atoms with E-state index in [9.17, 15) is 9.59 Å². The second-order valence-electron chi connectivity index (χ2n) is 4.57. The molecule has 0 amide bonds. The first-order valence-corrected chi connectivity index (χ1v) is 6.40. The van der Waals surface area contributed by atoms with E-state index < -0.39 is 0 Å². The highest BCUT2D eigenvalue weighted by Gasteiger charge is 2.05. The molecular formula is C12H18N6O2. The van der Waals surface area contributed by atoms with Gasteiger partial charge in [-0.25, -0.2) is 4.79 Å². The third-order valence-electron chi connectivity index (χ3n) is 3.14. The lowest BCUT2D eigenvalue weighted by Crippen LogP contribution is -2.39. The minimum atomic E-state index is -0.308. The first-order chi connectivity index (χ1) is 9.59. The lowest BCUT2D eigenvalue weighted by atomic mass is 10.3. The molecule has 0 aliphatic heterocycles. The van der Waals surface area contributed by atoms with Crippen LogP contribution in [0.1, 0.15) is 12.1 Å². The lowest BCUT2D eigenvalue weighted by Gasteiger charge is -2.10. The molecule has 108 valence electrons. The maximum Gasteiger partial charge on any atom is 0.330 e. The summed E-state index contributed by atoms with van der Waals surface area (Å²) >= 11 is 0. The van der Waals surface area contributed by atoms with Crippen molar-refractivity contribution in [2.75, 3.05) is 6.54 Å². The van der Waals surface area contributed by atoms with Gasteiger partial charge in [-0.3, -0.25) is 18.6 Å². The summed E-state index contributed by atoms with van der Waals surface area (Å²) in [6.07, 6.45) is 4.34. The summed E-state index contributed by atoms with van der Waals surface area (Å²) in [6.45, 7) is 2.03. The van der Waals surface area contributed by atoms with Crippen molar-refractivity contribution in [2.24, 2.45) is 14.1 Å². The number of hydrogen-bond donors (Lipinski definition) is 1. The van der Waals surface area contributed by atoms with Gasteiger partial charge in [0.15, 0.2) is 0 Å². The van der Waals surface area contributed by atoms with Crippen LogP contribution in [0.3, 0.4) is 0 Å². The zero-order valence-electron chi connectivity index (χ0n) is 11.6. The first kappa shape index (κ1) is 14.2. The molecule has 0 aliphatic carbocycles. The number of nitrogens with zero attached hydrogens (tertiary/aromatic N) is 5. The molecule has 1 N–H and O–H groups in total. The van der Waals surface area contributed by atoms with Crippen LogP contribution in [0.4, 0.5) is 0 Å². The van der Waals surface area contributed by atoms with Crippen molar-refractivity contribution in [3.63, 3.8) is 0 Å². The fraction of sp³-hybridized carbons (Fsp3) is 0.500. The molecule has 0 aromatic carbocycles. The third kappa shape index (κ3) is 3.21. The van der Waals surface area contributed by atoms with E-state index in [4.69, 9.17) is 0 Å². The van der Waals surface area contributed by atoms with Gasteiger partial charge < -0.3 is 5.32 Å². The summed E-state index contributed by atoms with van der Waals surface area (Å²) < 4.78 is 4.33. The molecular weight excluding hydrogens is 260 g/mol.